The molecule has 31 heavy (non-hydrogen) atoms. The number of halogens is 6. The zero-order valence-electron chi connectivity index (χ0n) is 15.3. The molecule has 0 amide bonds. The Morgan fingerprint density at radius 3 is 2.10 bits per heavy atom. The Morgan fingerprint density at radius 1 is 0.968 bits per heavy atom. The van der Waals surface area contributed by atoms with E-state index in [2.05, 4.69) is 16.1 Å². The van der Waals surface area contributed by atoms with Gasteiger partial charge in [-0.3, -0.25) is 9.59 Å². The molecule has 3 atom stereocenters. The molecule has 2 heterocycles. The van der Waals surface area contributed by atoms with Crippen molar-refractivity contribution >= 4 is 17.9 Å². The van der Waals surface area contributed by atoms with E-state index < -0.39 is 59.4 Å². The average Bonchev–Trinajstić information content (AvgIpc) is 2.92. The van der Waals surface area contributed by atoms with Gasteiger partial charge in [0, 0.05) is 6.08 Å². The maximum atomic E-state index is 14.0. The summed E-state index contributed by atoms with van der Waals surface area (Å²) in [5.41, 5.74) is -6.15. The average molecular weight is 452 g/mol. The molecule has 0 aromatic heterocycles. The topological polar surface area (TPSA) is 89.9 Å². The number of rotatable bonds is 4. The van der Waals surface area contributed by atoms with Gasteiger partial charge in [0.2, 0.25) is 11.7 Å². The fourth-order valence-corrected chi connectivity index (χ4v) is 2.92. The first-order chi connectivity index (χ1) is 14.2. The fourth-order valence-electron chi connectivity index (χ4n) is 2.92. The fraction of sp³-hybridized carbons (Fsp3) is 0.316. The third-order valence-corrected chi connectivity index (χ3v) is 4.48. The number of hydrogen-bond donors (Lipinski definition) is 1. The summed E-state index contributed by atoms with van der Waals surface area (Å²) in [5, 5.41) is 9.33. The highest BCUT2D eigenvalue weighted by atomic mass is 19.4. The van der Waals surface area contributed by atoms with E-state index in [0.29, 0.717) is 18.2 Å². The predicted molar refractivity (Wildman–Crippen MR) is 90.4 cm³/mol. The van der Waals surface area contributed by atoms with Crippen LogP contribution in [0.15, 0.2) is 60.8 Å². The van der Waals surface area contributed by atoms with E-state index in [-0.39, 0.29) is 24.3 Å². The van der Waals surface area contributed by atoms with Crippen molar-refractivity contribution in [3.05, 3.63) is 60.8 Å². The molecule has 2 aliphatic heterocycles. The van der Waals surface area contributed by atoms with Crippen molar-refractivity contribution in [1.82, 2.24) is 0 Å². The Bertz CT molecular complexity index is 879. The highest BCUT2D eigenvalue weighted by Crippen LogP contribution is 2.56. The van der Waals surface area contributed by atoms with Crippen molar-refractivity contribution in [2.45, 2.75) is 18.6 Å². The Morgan fingerprint density at radius 2 is 1.55 bits per heavy atom. The Labute approximate surface area is 170 Å². The van der Waals surface area contributed by atoms with Crippen LogP contribution >= 0.6 is 0 Å². The minimum atomic E-state index is -6.00. The summed E-state index contributed by atoms with van der Waals surface area (Å²) < 4.78 is 92.3. The molecule has 0 aromatic rings. The normalized spacial score (nSPS) is 26.6. The van der Waals surface area contributed by atoms with Crippen LogP contribution < -0.4 is 0 Å². The lowest BCUT2D eigenvalue weighted by atomic mass is 9.76. The van der Waals surface area contributed by atoms with Gasteiger partial charge >= 0.3 is 30.3 Å². The summed E-state index contributed by atoms with van der Waals surface area (Å²) in [7, 11) is 0. The Balaban J connectivity index is 2.73. The summed E-state index contributed by atoms with van der Waals surface area (Å²) in [4.78, 5) is 34.8. The lowest BCUT2D eigenvalue weighted by molar-refractivity contribution is -0.305. The number of hydrogen-bond acceptors (Lipinski definition) is 6. The monoisotopic (exact) mass is 452 g/mol. The first kappa shape index (κ1) is 24.1. The maximum absolute atomic E-state index is 14.0. The molecule has 3 unspecified atom stereocenters. The van der Waals surface area contributed by atoms with Crippen molar-refractivity contribution in [3.63, 3.8) is 0 Å². The standard InChI is InChI=1S/C19H14F6O6/c1-2-11-12(16(29)31-15(11)28)8-9-17(18(20,21)22,19(23,24)25)10-4-3-5-13(26)30-14(27)7-6-10/h2-9,11-13,26H,1H2/b5-3+,7-6?,9-8+,10-4?. The van der Waals surface area contributed by atoms with Crippen LogP contribution in [0.3, 0.4) is 0 Å². The van der Waals surface area contributed by atoms with Crippen LogP contribution in [0, 0.1) is 17.3 Å². The molecule has 0 aromatic carbocycles. The van der Waals surface area contributed by atoms with Gasteiger partial charge in [-0.05, 0) is 11.6 Å². The molecule has 0 spiro atoms. The lowest BCUT2D eigenvalue weighted by Gasteiger charge is -2.36. The van der Waals surface area contributed by atoms with Gasteiger partial charge in [-0.1, -0.05) is 36.5 Å². The largest absolute Gasteiger partial charge is 0.429 e. The van der Waals surface area contributed by atoms with E-state index in [9.17, 15) is 45.8 Å². The number of alkyl halides is 6. The van der Waals surface area contributed by atoms with Gasteiger partial charge in [0.15, 0.2) is 0 Å². The Kier molecular flexibility index (Phi) is 6.64. The van der Waals surface area contributed by atoms with Crippen LogP contribution in [0.25, 0.3) is 0 Å². The minimum absolute atomic E-state index is 0.235. The molecule has 0 radical (unpaired) electrons. The van der Waals surface area contributed by atoms with Crippen molar-refractivity contribution in [2.75, 3.05) is 0 Å². The number of ether oxygens (including phenoxy) is 2. The molecule has 0 aliphatic carbocycles. The maximum Gasteiger partial charge on any atom is 0.410 e. The van der Waals surface area contributed by atoms with Crippen molar-refractivity contribution in [1.29, 1.82) is 0 Å². The summed E-state index contributed by atoms with van der Waals surface area (Å²) >= 11 is 0. The molecule has 0 saturated carbocycles. The van der Waals surface area contributed by atoms with Crippen molar-refractivity contribution in [3.8, 4) is 0 Å². The lowest BCUT2D eigenvalue weighted by Crippen LogP contribution is -2.50. The second-order valence-electron chi connectivity index (χ2n) is 6.36. The van der Waals surface area contributed by atoms with Crippen LogP contribution in [0.1, 0.15) is 0 Å². The SMILES string of the molecule is C=CC1C(=O)OC(=O)C1/C=C/C(C1=C/C=C/C(O)OC(=O)C=C1)(C(F)(F)F)C(F)(F)F. The van der Waals surface area contributed by atoms with E-state index in [1.54, 1.807) is 0 Å². The number of aliphatic hydroxyl groups is 1. The summed E-state index contributed by atoms with van der Waals surface area (Å²) in [6, 6.07) is 0. The third kappa shape index (κ3) is 4.63. The highest BCUT2D eigenvalue weighted by Gasteiger charge is 2.70. The first-order valence-corrected chi connectivity index (χ1v) is 8.41. The van der Waals surface area contributed by atoms with Crippen LogP contribution in [0.5, 0.6) is 0 Å². The van der Waals surface area contributed by atoms with E-state index in [1.165, 1.54) is 0 Å². The summed E-state index contributed by atoms with van der Waals surface area (Å²) in [6.07, 6.45) is -10.9. The molecule has 6 nitrogen and oxygen atoms in total. The predicted octanol–water partition coefficient (Wildman–Crippen LogP) is 3.07. The van der Waals surface area contributed by atoms with Gasteiger partial charge < -0.3 is 14.6 Å². The molecule has 2 aliphatic rings. The minimum Gasteiger partial charge on any atom is -0.429 e. The molecular formula is C19H14F6O6. The van der Waals surface area contributed by atoms with Crippen molar-refractivity contribution < 1.29 is 55.3 Å². The number of carbonyl (C=O) groups excluding carboxylic acids is 3. The van der Waals surface area contributed by atoms with Gasteiger partial charge in [-0.2, -0.15) is 26.3 Å². The third-order valence-electron chi connectivity index (χ3n) is 4.48. The molecule has 0 bridgehead atoms. The van der Waals surface area contributed by atoms with Gasteiger partial charge in [0.25, 0.3) is 0 Å². The van der Waals surface area contributed by atoms with Crippen LogP contribution in [0.4, 0.5) is 26.3 Å². The summed E-state index contributed by atoms with van der Waals surface area (Å²) in [6.45, 7) is 3.22. The van der Waals surface area contributed by atoms with Gasteiger partial charge in [0.1, 0.15) is 0 Å². The van der Waals surface area contributed by atoms with E-state index in [4.69, 9.17) is 0 Å². The smallest absolute Gasteiger partial charge is 0.410 e. The van der Waals surface area contributed by atoms with E-state index in [1.807, 2.05) is 0 Å². The zero-order valence-corrected chi connectivity index (χ0v) is 15.3. The molecule has 2 rings (SSSR count). The highest BCUT2D eigenvalue weighted by molar-refractivity contribution is 5.98. The second kappa shape index (κ2) is 8.53. The number of aliphatic hydroxyl groups excluding tert-OH is 1. The molecular weight excluding hydrogens is 438 g/mol. The van der Waals surface area contributed by atoms with Gasteiger partial charge in [-0.25, -0.2) is 4.79 Å². The van der Waals surface area contributed by atoms with Crippen LogP contribution in [0.2, 0.25) is 0 Å². The molecule has 12 heteroatoms. The van der Waals surface area contributed by atoms with E-state index >= 15 is 0 Å². The quantitative estimate of drug-likeness (QED) is 0.305. The second-order valence-corrected chi connectivity index (χ2v) is 6.36. The van der Waals surface area contributed by atoms with E-state index in [0.717, 1.165) is 6.08 Å². The van der Waals surface area contributed by atoms with Crippen molar-refractivity contribution in [2.24, 2.45) is 17.3 Å². The molecule has 1 fully saturated rings. The van der Waals surface area contributed by atoms with Gasteiger partial charge in [-0.15, -0.1) is 6.58 Å². The van der Waals surface area contributed by atoms with Crippen LogP contribution in [-0.4, -0.2) is 41.7 Å². The molecule has 1 saturated heterocycles. The first-order valence-electron chi connectivity index (χ1n) is 8.41. The number of carbonyl (C=O) groups is 3. The molecule has 168 valence electrons. The van der Waals surface area contributed by atoms with Crippen LogP contribution in [-0.2, 0) is 23.9 Å². The number of cyclic esters (lactones) is 3. The zero-order chi connectivity index (χ0) is 23.6. The van der Waals surface area contributed by atoms with Gasteiger partial charge in [0.05, 0.1) is 11.8 Å². The number of esters is 3. The Hall–Kier alpha value is -3.15. The summed E-state index contributed by atoms with van der Waals surface area (Å²) in [5.74, 6) is -7.14. The molecule has 1 N–H and O–H groups in total. The number of allylic oxidation sites excluding steroid dienone is 5.